The Kier molecular flexibility index (Phi) is 4.20. The molecule has 1 aromatic carbocycles. The molecule has 2 heterocycles. The fraction of sp³-hybridized carbons (Fsp3) is 0.0625. The summed E-state index contributed by atoms with van der Waals surface area (Å²) in [4.78, 5) is 21.6. The Balaban J connectivity index is 1.69. The van der Waals surface area contributed by atoms with E-state index in [-0.39, 0.29) is 17.6 Å². The molecule has 23 heavy (non-hydrogen) atoms. The number of amides is 1. The molecule has 2 aromatic heterocycles. The number of nitrogens with one attached hydrogen (secondary N) is 1. The molecule has 0 aliphatic heterocycles. The lowest BCUT2D eigenvalue weighted by atomic mass is 10.2. The minimum atomic E-state index is -0.174. The van der Waals surface area contributed by atoms with Gasteiger partial charge in [-0.2, -0.15) is 0 Å². The van der Waals surface area contributed by atoms with E-state index in [1.807, 2.05) is 12.1 Å². The minimum absolute atomic E-state index is 0.174. The van der Waals surface area contributed by atoms with Gasteiger partial charge in [0.1, 0.15) is 5.75 Å². The second-order valence-corrected chi connectivity index (χ2v) is 5.90. The molecule has 3 rings (SSSR count). The van der Waals surface area contributed by atoms with Crippen molar-refractivity contribution in [1.29, 1.82) is 0 Å². The number of phenolic OH excluding ortho intramolecular Hbond substituents is 1. The van der Waals surface area contributed by atoms with Gasteiger partial charge in [0.15, 0.2) is 0 Å². The number of aromatic nitrogens is 2. The van der Waals surface area contributed by atoms with Crippen molar-refractivity contribution in [1.82, 2.24) is 15.3 Å². The van der Waals surface area contributed by atoms with Gasteiger partial charge in [0.2, 0.25) is 5.95 Å². The van der Waals surface area contributed by atoms with Gasteiger partial charge >= 0.3 is 0 Å². The van der Waals surface area contributed by atoms with E-state index in [0.717, 1.165) is 10.4 Å². The first-order valence-corrected chi connectivity index (χ1v) is 7.68. The Labute approximate surface area is 136 Å². The lowest BCUT2D eigenvalue weighted by Gasteiger charge is -2.04. The summed E-state index contributed by atoms with van der Waals surface area (Å²) in [7, 11) is 0. The predicted molar refractivity (Wildman–Crippen MR) is 89.0 cm³/mol. The molecule has 3 aromatic rings. The normalized spacial score (nSPS) is 10.4. The molecule has 7 heteroatoms. The molecule has 0 saturated carbocycles. The molecule has 0 unspecified atom stereocenters. The Bertz CT molecular complexity index is 847. The standard InChI is InChI=1S/C16H14N4O2S/c17-16-18-7-6-12(20-16)13-4-5-14(23-13)15(22)19-9-10-2-1-3-11(21)8-10/h1-8,21H,9H2,(H,19,22)(H2,17,18,20). The van der Waals surface area contributed by atoms with Crippen molar-refractivity contribution in [2.75, 3.05) is 5.73 Å². The second kappa shape index (κ2) is 6.45. The zero-order valence-corrected chi connectivity index (χ0v) is 12.9. The number of nitrogens with zero attached hydrogens (tertiary/aromatic N) is 2. The third-order valence-electron chi connectivity index (χ3n) is 3.12. The highest BCUT2D eigenvalue weighted by Gasteiger charge is 2.11. The number of benzene rings is 1. The van der Waals surface area contributed by atoms with Gasteiger partial charge in [0.25, 0.3) is 5.91 Å². The lowest BCUT2D eigenvalue weighted by molar-refractivity contribution is 0.0955. The first-order valence-electron chi connectivity index (χ1n) is 6.86. The van der Waals surface area contributed by atoms with Crippen LogP contribution in [0.4, 0.5) is 5.95 Å². The van der Waals surface area contributed by atoms with E-state index in [0.29, 0.717) is 17.1 Å². The lowest BCUT2D eigenvalue weighted by Crippen LogP contribution is -2.21. The van der Waals surface area contributed by atoms with E-state index in [9.17, 15) is 9.90 Å². The van der Waals surface area contributed by atoms with E-state index in [4.69, 9.17) is 5.73 Å². The van der Waals surface area contributed by atoms with Gasteiger partial charge in [0, 0.05) is 12.7 Å². The van der Waals surface area contributed by atoms with E-state index in [1.54, 1.807) is 36.5 Å². The maximum atomic E-state index is 12.2. The number of aromatic hydroxyl groups is 1. The van der Waals surface area contributed by atoms with Crippen LogP contribution in [0.3, 0.4) is 0 Å². The molecule has 116 valence electrons. The van der Waals surface area contributed by atoms with Crippen LogP contribution in [0.2, 0.25) is 0 Å². The first kappa shape index (κ1) is 15.0. The fourth-order valence-electron chi connectivity index (χ4n) is 2.04. The van der Waals surface area contributed by atoms with Gasteiger partial charge in [-0.15, -0.1) is 11.3 Å². The average molecular weight is 326 g/mol. The van der Waals surface area contributed by atoms with Crippen LogP contribution in [0.25, 0.3) is 10.6 Å². The Morgan fingerprint density at radius 1 is 1.26 bits per heavy atom. The second-order valence-electron chi connectivity index (χ2n) is 4.82. The van der Waals surface area contributed by atoms with Crippen molar-refractivity contribution in [3.63, 3.8) is 0 Å². The number of anilines is 1. The van der Waals surface area contributed by atoms with Crippen LogP contribution < -0.4 is 11.1 Å². The summed E-state index contributed by atoms with van der Waals surface area (Å²) in [5.74, 6) is 0.203. The van der Waals surface area contributed by atoms with Gasteiger partial charge in [-0.1, -0.05) is 12.1 Å². The number of hydrogen-bond donors (Lipinski definition) is 3. The molecular formula is C16H14N4O2S. The summed E-state index contributed by atoms with van der Waals surface area (Å²) < 4.78 is 0. The molecule has 0 spiro atoms. The van der Waals surface area contributed by atoms with Crippen LogP contribution >= 0.6 is 11.3 Å². The highest BCUT2D eigenvalue weighted by Crippen LogP contribution is 2.26. The molecule has 0 fully saturated rings. The zero-order valence-electron chi connectivity index (χ0n) is 12.1. The Hall–Kier alpha value is -2.93. The quantitative estimate of drug-likeness (QED) is 0.683. The molecule has 4 N–H and O–H groups in total. The molecular weight excluding hydrogens is 312 g/mol. The van der Waals surface area contributed by atoms with Crippen LogP contribution in [0.15, 0.2) is 48.7 Å². The van der Waals surface area contributed by atoms with E-state index < -0.39 is 0 Å². The van der Waals surface area contributed by atoms with Crippen molar-refractivity contribution >= 4 is 23.2 Å². The molecule has 0 saturated heterocycles. The van der Waals surface area contributed by atoms with Crippen molar-refractivity contribution in [3.8, 4) is 16.3 Å². The Morgan fingerprint density at radius 2 is 2.13 bits per heavy atom. The monoisotopic (exact) mass is 326 g/mol. The summed E-state index contributed by atoms with van der Waals surface area (Å²) in [5, 5.41) is 12.2. The number of nitrogens with two attached hydrogens (primary N) is 1. The third-order valence-corrected chi connectivity index (χ3v) is 4.23. The van der Waals surface area contributed by atoms with Gasteiger partial charge in [-0.05, 0) is 35.9 Å². The van der Waals surface area contributed by atoms with Gasteiger partial charge < -0.3 is 16.2 Å². The summed E-state index contributed by atoms with van der Waals surface area (Å²) in [5.41, 5.74) is 7.09. The number of carbonyl (C=O) groups excluding carboxylic acids is 1. The van der Waals surface area contributed by atoms with Gasteiger partial charge in [0.05, 0.1) is 15.4 Å². The summed E-state index contributed by atoms with van der Waals surface area (Å²) in [6.07, 6.45) is 1.58. The molecule has 0 aliphatic carbocycles. The number of carbonyl (C=O) groups is 1. The molecule has 0 radical (unpaired) electrons. The average Bonchev–Trinajstić information content (AvgIpc) is 3.03. The van der Waals surface area contributed by atoms with Crippen LogP contribution in [0.5, 0.6) is 5.75 Å². The van der Waals surface area contributed by atoms with Gasteiger partial charge in [-0.3, -0.25) is 4.79 Å². The van der Waals surface area contributed by atoms with Crippen molar-refractivity contribution in [2.45, 2.75) is 6.54 Å². The van der Waals surface area contributed by atoms with Crippen molar-refractivity contribution < 1.29 is 9.90 Å². The van der Waals surface area contributed by atoms with Crippen molar-refractivity contribution in [3.05, 3.63) is 59.1 Å². The summed E-state index contributed by atoms with van der Waals surface area (Å²) in [6, 6.07) is 12.1. The number of thiophene rings is 1. The topological polar surface area (TPSA) is 101 Å². The van der Waals surface area contributed by atoms with Crippen molar-refractivity contribution in [2.24, 2.45) is 0 Å². The molecule has 0 aliphatic rings. The minimum Gasteiger partial charge on any atom is -0.508 e. The first-order chi connectivity index (χ1) is 11.1. The summed E-state index contributed by atoms with van der Waals surface area (Å²) >= 11 is 1.33. The van der Waals surface area contributed by atoms with Crippen LogP contribution in [0, 0.1) is 0 Å². The summed E-state index contributed by atoms with van der Waals surface area (Å²) in [6.45, 7) is 0.348. The maximum Gasteiger partial charge on any atom is 0.261 e. The highest BCUT2D eigenvalue weighted by molar-refractivity contribution is 7.17. The predicted octanol–water partition coefficient (Wildman–Crippen LogP) is 2.42. The highest BCUT2D eigenvalue weighted by atomic mass is 32.1. The van der Waals surface area contributed by atoms with Gasteiger partial charge in [-0.25, -0.2) is 9.97 Å². The number of phenols is 1. The molecule has 0 atom stereocenters. The number of hydrogen-bond acceptors (Lipinski definition) is 6. The maximum absolute atomic E-state index is 12.2. The van der Waals surface area contributed by atoms with Crippen LogP contribution in [0.1, 0.15) is 15.2 Å². The number of rotatable bonds is 4. The van der Waals surface area contributed by atoms with Crippen LogP contribution in [-0.2, 0) is 6.54 Å². The van der Waals surface area contributed by atoms with Crippen LogP contribution in [-0.4, -0.2) is 21.0 Å². The van der Waals surface area contributed by atoms with E-state index >= 15 is 0 Å². The number of nitrogen functional groups attached to an aromatic ring is 1. The zero-order chi connectivity index (χ0) is 16.2. The molecule has 0 bridgehead atoms. The van der Waals surface area contributed by atoms with E-state index in [1.165, 1.54) is 11.3 Å². The smallest absolute Gasteiger partial charge is 0.261 e. The fourth-order valence-corrected chi connectivity index (χ4v) is 2.94. The SMILES string of the molecule is Nc1nccc(-c2ccc(C(=O)NCc3cccc(O)c3)s2)n1. The Morgan fingerprint density at radius 3 is 2.91 bits per heavy atom. The molecule has 1 amide bonds. The van der Waals surface area contributed by atoms with E-state index in [2.05, 4.69) is 15.3 Å². The third kappa shape index (κ3) is 3.64. The largest absolute Gasteiger partial charge is 0.508 e. The molecule has 6 nitrogen and oxygen atoms in total.